The van der Waals surface area contributed by atoms with E-state index in [1.807, 2.05) is 0 Å². The molecule has 0 amide bonds. The molecule has 98 valence electrons. The number of carbonyl (C=O) groups is 1. The molecule has 1 N–H and O–H groups in total. The van der Waals surface area contributed by atoms with Crippen LogP contribution in [0.4, 0.5) is 5.69 Å². The van der Waals surface area contributed by atoms with Crippen LogP contribution in [-0.4, -0.2) is 37.4 Å². The summed E-state index contributed by atoms with van der Waals surface area (Å²) in [5.74, 6) is 0.668. The second kappa shape index (κ2) is 3.94. The molecule has 3 heteroatoms. The second-order valence-electron chi connectivity index (χ2n) is 5.96. The monoisotopic (exact) mass is 254 g/mol. The quantitative estimate of drug-likeness (QED) is 0.779. The summed E-state index contributed by atoms with van der Waals surface area (Å²) >= 11 is 0. The first kappa shape index (κ1) is 11.2. The van der Waals surface area contributed by atoms with Crippen molar-refractivity contribution >= 4 is 17.5 Å². The van der Waals surface area contributed by atoms with E-state index < -0.39 is 0 Å². The van der Waals surface area contributed by atoms with E-state index in [0.29, 0.717) is 12.0 Å². The van der Waals surface area contributed by atoms with Crippen molar-refractivity contribution in [3.8, 4) is 0 Å². The number of fused-ring (bicyclic) bond motifs is 2. The Bertz CT molecular complexity index is 578. The Hall–Kier alpha value is -1.61. The zero-order chi connectivity index (χ0) is 13.0. The van der Waals surface area contributed by atoms with Crippen LogP contribution in [0.2, 0.25) is 0 Å². The van der Waals surface area contributed by atoms with Gasteiger partial charge in [0.2, 0.25) is 0 Å². The molecule has 3 unspecified atom stereocenters. The summed E-state index contributed by atoms with van der Waals surface area (Å²) in [6, 6.07) is 6.99. The number of hydrogen-bond acceptors (Lipinski definition) is 3. The van der Waals surface area contributed by atoms with E-state index in [1.165, 1.54) is 28.8 Å². The fourth-order valence-electron chi connectivity index (χ4n) is 3.97. The van der Waals surface area contributed by atoms with Gasteiger partial charge in [-0.3, -0.25) is 4.90 Å². The topological polar surface area (TPSA) is 32.3 Å². The van der Waals surface area contributed by atoms with Gasteiger partial charge < -0.3 is 10.1 Å². The second-order valence-corrected chi connectivity index (χ2v) is 5.96. The van der Waals surface area contributed by atoms with Crippen LogP contribution in [0.5, 0.6) is 0 Å². The van der Waals surface area contributed by atoms with Crippen molar-refractivity contribution in [1.82, 2.24) is 4.90 Å². The van der Waals surface area contributed by atoms with Crippen LogP contribution >= 0.6 is 0 Å². The Balaban J connectivity index is 1.90. The summed E-state index contributed by atoms with van der Waals surface area (Å²) in [4.78, 5) is 13.5. The molecule has 19 heavy (non-hydrogen) atoms. The van der Waals surface area contributed by atoms with Crippen molar-refractivity contribution in [2.24, 2.45) is 5.92 Å². The van der Waals surface area contributed by atoms with Gasteiger partial charge in [0.25, 0.3) is 0 Å². The van der Waals surface area contributed by atoms with E-state index in [4.69, 9.17) is 0 Å². The number of likely N-dealkylation sites (N-methyl/N-ethyl adjacent to an activating group) is 1. The van der Waals surface area contributed by atoms with Crippen molar-refractivity contribution in [3.05, 3.63) is 35.4 Å². The molecule has 0 saturated carbocycles. The predicted octanol–water partition coefficient (Wildman–Crippen LogP) is 2.11. The zero-order valence-corrected chi connectivity index (χ0v) is 11.1. The minimum atomic E-state index is 0.0398. The van der Waals surface area contributed by atoms with Crippen LogP contribution in [0.15, 0.2) is 24.3 Å². The van der Waals surface area contributed by atoms with Gasteiger partial charge in [-0.2, -0.15) is 0 Å². The van der Waals surface area contributed by atoms with Gasteiger partial charge in [-0.1, -0.05) is 18.2 Å². The minimum absolute atomic E-state index is 0.0398. The highest BCUT2D eigenvalue weighted by molar-refractivity contribution is 5.82. The lowest BCUT2D eigenvalue weighted by atomic mass is 9.75. The molecule has 1 aromatic rings. The molecule has 2 aliphatic heterocycles. The molecule has 3 nitrogen and oxygen atoms in total. The Labute approximate surface area is 113 Å². The SMILES string of the molecule is CN1CC(C=O)C=C2c3cccc4c3C(CN4)CC21. The number of rotatable bonds is 1. The van der Waals surface area contributed by atoms with E-state index in [0.717, 1.165) is 19.4 Å². The van der Waals surface area contributed by atoms with Gasteiger partial charge in [-0.15, -0.1) is 0 Å². The molecule has 0 spiro atoms. The molecule has 0 bridgehead atoms. The Kier molecular flexibility index (Phi) is 2.33. The highest BCUT2D eigenvalue weighted by Gasteiger charge is 2.39. The number of carbonyl (C=O) groups excluding carboxylic acids is 1. The van der Waals surface area contributed by atoms with Gasteiger partial charge in [0.1, 0.15) is 6.29 Å². The largest absolute Gasteiger partial charge is 0.384 e. The van der Waals surface area contributed by atoms with Gasteiger partial charge >= 0.3 is 0 Å². The Morgan fingerprint density at radius 3 is 3.16 bits per heavy atom. The van der Waals surface area contributed by atoms with Crippen LogP contribution < -0.4 is 5.32 Å². The first-order valence-electron chi connectivity index (χ1n) is 7.02. The summed E-state index contributed by atoms with van der Waals surface area (Å²) in [6.07, 6.45) is 4.44. The molecule has 0 saturated heterocycles. The number of aldehydes is 1. The molecule has 4 rings (SSSR count). The zero-order valence-electron chi connectivity index (χ0n) is 11.1. The lowest BCUT2D eigenvalue weighted by molar-refractivity contribution is -0.110. The highest BCUT2D eigenvalue weighted by Crippen LogP contribution is 2.48. The predicted molar refractivity (Wildman–Crippen MR) is 76.2 cm³/mol. The molecule has 0 fully saturated rings. The fourth-order valence-corrected chi connectivity index (χ4v) is 3.97. The van der Waals surface area contributed by atoms with E-state index in [2.05, 4.69) is 41.5 Å². The third-order valence-corrected chi connectivity index (χ3v) is 4.83. The molecule has 3 atom stereocenters. The molecule has 1 aromatic carbocycles. The third-order valence-electron chi connectivity index (χ3n) is 4.83. The summed E-state index contributed by atoms with van der Waals surface area (Å²) in [5.41, 5.74) is 5.49. The highest BCUT2D eigenvalue weighted by atomic mass is 16.1. The number of nitrogens with one attached hydrogen (secondary N) is 1. The average molecular weight is 254 g/mol. The van der Waals surface area contributed by atoms with Gasteiger partial charge in [0.05, 0.1) is 0 Å². The molecule has 3 aliphatic rings. The van der Waals surface area contributed by atoms with Crippen molar-refractivity contribution in [2.45, 2.75) is 18.4 Å². The van der Waals surface area contributed by atoms with Crippen molar-refractivity contribution < 1.29 is 4.79 Å². The number of anilines is 1. The van der Waals surface area contributed by atoms with Gasteiger partial charge in [-0.05, 0) is 36.2 Å². The van der Waals surface area contributed by atoms with E-state index in [1.54, 1.807) is 0 Å². The van der Waals surface area contributed by atoms with E-state index >= 15 is 0 Å². The van der Waals surface area contributed by atoms with Crippen molar-refractivity contribution in [3.63, 3.8) is 0 Å². The molecular weight excluding hydrogens is 236 g/mol. The standard InChI is InChI=1S/C16H18N2O/c1-18-8-10(9-19)5-13-12-3-2-4-14-16(12)11(7-17-14)6-15(13)18/h2-5,9-11,15,17H,6-8H2,1H3. The van der Waals surface area contributed by atoms with E-state index in [9.17, 15) is 4.79 Å². The van der Waals surface area contributed by atoms with Crippen LogP contribution in [0.1, 0.15) is 23.5 Å². The summed E-state index contributed by atoms with van der Waals surface area (Å²) in [5, 5.41) is 3.52. The summed E-state index contributed by atoms with van der Waals surface area (Å²) in [6.45, 7) is 1.91. The smallest absolute Gasteiger partial charge is 0.128 e. The first-order chi connectivity index (χ1) is 9.28. The molecule has 1 aliphatic carbocycles. The van der Waals surface area contributed by atoms with E-state index in [-0.39, 0.29) is 5.92 Å². The molecular formula is C16H18N2O. The van der Waals surface area contributed by atoms with Crippen LogP contribution in [0.25, 0.3) is 5.57 Å². The lowest BCUT2D eigenvalue weighted by Crippen LogP contribution is -2.43. The maximum Gasteiger partial charge on any atom is 0.128 e. The Morgan fingerprint density at radius 2 is 2.32 bits per heavy atom. The number of nitrogens with zero attached hydrogens (tertiary/aromatic N) is 1. The van der Waals surface area contributed by atoms with Gasteiger partial charge in [0.15, 0.2) is 0 Å². The Morgan fingerprint density at radius 1 is 1.42 bits per heavy atom. The maximum absolute atomic E-state index is 11.2. The van der Waals surface area contributed by atoms with Crippen LogP contribution in [-0.2, 0) is 4.79 Å². The van der Waals surface area contributed by atoms with Gasteiger partial charge in [0, 0.05) is 36.7 Å². The average Bonchev–Trinajstić information content (AvgIpc) is 2.85. The number of benzene rings is 1. The normalized spacial score (nSPS) is 32.1. The molecule has 2 heterocycles. The lowest BCUT2D eigenvalue weighted by Gasteiger charge is -2.41. The van der Waals surface area contributed by atoms with Crippen molar-refractivity contribution in [1.29, 1.82) is 0 Å². The molecule has 0 radical (unpaired) electrons. The van der Waals surface area contributed by atoms with Crippen LogP contribution in [0.3, 0.4) is 0 Å². The van der Waals surface area contributed by atoms with Gasteiger partial charge in [-0.25, -0.2) is 0 Å². The number of hydrogen-bond donors (Lipinski definition) is 1. The maximum atomic E-state index is 11.2. The molecule has 0 aromatic heterocycles. The summed E-state index contributed by atoms with van der Waals surface area (Å²) in [7, 11) is 2.14. The van der Waals surface area contributed by atoms with Crippen LogP contribution in [0, 0.1) is 5.92 Å². The minimum Gasteiger partial charge on any atom is -0.384 e. The van der Waals surface area contributed by atoms with Crippen molar-refractivity contribution in [2.75, 3.05) is 25.5 Å². The fraction of sp³-hybridized carbons (Fsp3) is 0.438. The summed E-state index contributed by atoms with van der Waals surface area (Å²) < 4.78 is 0. The first-order valence-corrected chi connectivity index (χ1v) is 7.02. The third kappa shape index (κ3) is 1.51.